The van der Waals surface area contributed by atoms with Crippen molar-refractivity contribution < 1.29 is 14.3 Å². The van der Waals surface area contributed by atoms with E-state index < -0.39 is 0 Å². The lowest BCUT2D eigenvalue weighted by molar-refractivity contribution is -0.115. The van der Waals surface area contributed by atoms with Gasteiger partial charge in [0.15, 0.2) is 0 Å². The monoisotopic (exact) mass is 393 g/mol. The molecule has 2 N–H and O–H groups in total. The van der Waals surface area contributed by atoms with Crippen molar-refractivity contribution in [2.45, 2.75) is 0 Å². The first-order chi connectivity index (χ1) is 13.6. The molecule has 1 aliphatic heterocycles. The highest BCUT2D eigenvalue weighted by atomic mass is 32.2. The summed E-state index contributed by atoms with van der Waals surface area (Å²) in [4.78, 5) is 28.7. The number of H-pyrrole nitrogens is 1. The Morgan fingerprint density at radius 3 is 2.61 bits per heavy atom. The van der Waals surface area contributed by atoms with E-state index in [9.17, 15) is 9.59 Å². The minimum absolute atomic E-state index is 0.338. The molecule has 0 unspecified atom stereocenters. The number of nitrogens with one attached hydrogen (secondary N) is 2. The van der Waals surface area contributed by atoms with Crippen molar-refractivity contribution in [3.05, 3.63) is 65.1 Å². The van der Waals surface area contributed by atoms with Crippen LogP contribution in [0.1, 0.15) is 5.56 Å². The van der Waals surface area contributed by atoms with Gasteiger partial charge in [-0.3, -0.25) is 14.9 Å². The van der Waals surface area contributed by atoms with Gasteiger partial charge in [0.1, 0.15) is 18.2 Å². The second-order valence-corrected chi connectivity index (χ2v) is 7.45. The van der Waals surface area contributed by atoms with E-state index in [4.69, 9.17) is 4.74 Å². The fourth-order valence-electron chi connectivity index (χ4n) is 2.92. The van der Waals surface area contributed by atoms with E-state index in [0.717, 1.165) is 41.0 Å². The highest BCUT2D eigenvalue weighted by Gasteiger charge is 2.24. The van der Waals surface area contributed by atoms with Crippen LogP contribution in [0.15, 0.2) is 59.5 Å². The summed E-state index contributed by atoms with van der Waals surface area (Å²) in [5.41, 5.74) is 1.96. The third kappa shape index (κ3) is 4.04. The summed E-state index contributed by atoms with van der Waals surface area (Å²) < 4.78 is 5.82. The molecule has 0 bridgehead atoms. The molecule has 28 heavy (non-hydrogen) atoms. The third-order valence-corrected chi connectivity index (χ3v) is 5.25. The van der Waals surface area contributed by atoms with Crippen molar-refractivity contribution in [2.75, 3.05) is 25.1 Å². The Balaban J connectivity index is 1.32. The van der Waals surface area contributed by atoms with Gasteiger partial charge in [-0.2, -0.15) is 0 Å². The van der Waals surface area contributed by atoms with Crippen LogP contribution in [-0.4, -0.2) is 36.3 Å². The Morgan fingerprint density at radius 2 is 1.89 bits per heavy atom. The number of imide groups is 1. The second kappa shape index (κ2) is 7.82. The first-order valence-corrected chi connectivity index (χ1v) is 9.67. The van der Waals surface area contributed by atoms with Crippen LogP contribution in [-0.2, 0) is 4.79 Å². The lowest BCUT2D eigenvalue weighted by atomic mass is 10.2. The number of aromatic nitrogens is 1. The molecule has 4 rings (SSSR count). The third-order valence-electron chi connectivity index (χ3n) is 4.44. The first kappa shape index (κ1) is 18.2. The predicted molar refractivity (Wildman–Crippen MR) is 113 cm³/mol. The number of carbonyl (C=O) groups is 2. The molecule has 2 heterocycles. The van der Waals surface area contributed by atoms with E-state index in [2.05, 4.69) is 33.4 Å². The number of amides is 2. The molecule has 0 spiro atoms. The standard InChI is InChI=1S/C21H19N3O3S/c1-24(19-13-15-4-2-3-5-17(15)22-19)10-11-27-16-8-6-14(7-9-16)12-18-20(25)23-21(26)28-18/h2-9,12-13,22H,10-11H2,1H3,(H,23,25,26). The average Bonchev–Trinajstić information content (AvgIpc) is 3.26. The van der Waals surface area contributed by atoms with Gasteiger partial charge in [-0.25, -0.2) is 0 Å². The van der Waals surface area contributed by atoms with Gasteiger partial charge in [-0.15, -0.1) is 0 Å². The summed E-state index contributed by atoms with van der Waals surface area (Å²) in [6, 6.07) is 17.7. The molecule has 0 radical (unpaired) electrons. The van der Waals surface area contributed by atoms with Gasteiger partial charge in [0.2, 0.25) is 0 Å². The van der Waals surface area contributed by atoms with E-state index in [1.807, 2.05) is 43.4 Å². The highest BCUT2D eigenvalue weighted by molar-refractivity contribution is 8.18. The van der Waals surface area contributed by atoms with Crippen LogP contribution in [0.25, 0.3) is 17.0 Å². The Bertz CT molecular complexity index is 1020. The zero-order chi connectivity index (χ0) is 19.5. The van der Waals surface area contributed by atoms with Crippen LogP contribution in [0.5, 0.6) is 5.75 Å². The number of aromatic amines is 1. The number of para-hydroxylation sites is 1. The summed E-state index contributed by atoms with van der Waals surface area (Å²) in [5.74, 6) is 1.45. The first-order valence-electron chi connectivity index (χ1n) is 8.85. The van der Waals surface area contributed by atoms with Crippen molar-refractivity contribution in [1.29, 1.82) is 0 Å². The van der Waals surface area contributed by atoms with E-state index in [1.165, 1.54) is 5.39 Å². The minimum Gasteiger partial charge on any atom is -0.492 e. The molecule has 1 saturated heterocycles. The number of likely N-dealkylation sites (N-methyl/N-ethyl adjacent to an activating group) is 1. The van der Waals surface area contributed by atoms with Gasteiger partial charge < -0.3 is 14.6 Å². The Hall–Kier alpha value is -3.19. The quantitative estimate of drug-likeness (QED) is 0.619. The smallest absolute Gasteiger partial charge is 0.290 e. The summed E-state index contributed by atoms with van der Waals surface area (Å²) >= 11 is 0.911. The Kier molecular flexibility index (Phi) is 5.08. The summed E-state index contributed by atoms with van der Waals surface area (Å²) in [6.45, 7) is 1.27. The molecular formula is C21H19N3O3S. The number of benzene rings is 2. The van der Waals surface area contributed by atoms with E-state index in [-0.39, 0.29) is 11.1 Å². The number of ether oxygens (including phenoxy) is 1. The van der Waals surface area contributed by atoms with Crippen molar-refractivity contribution in [2.24, 2.45) is 0 Å². The Labute approximate surface area is 166 Å². The maximum absolute atomic E-state index is 11.6. The van der Waals surface area contributed by atoms with Crippen molar-refractivity contribution in [1.82, 2.24) is 10.3 Å². The molecule has 0 aliphatic carbocycles. The lowest BCUT2D eigenvalue weighted by Crippen LogP contribution is -2.23. The topological polar surface area (TPSA) is 74.4 Å². The molecule has 3 aromatic rings. The number of nitrogens with zero attached hydrogens (tertiary/aromatic N) is 1. The normalized spacial score (nSPS) is 15.2. The van der Waals surface area contributed by atoms with Gasteiger partial charge in [0.05, 0.1) is 11.4 Å². The highest BCUT2D eigenvalue weighted by Crippen LogP contribution is 2.26. The van der Waals surface area contributed by atoms with E-state index in [0.29, 0.717) is 11.5 Å². The summed E-state index contributed by atoms with van der Waals surface area (Å²) in [6.07, 6.45) is 1.69. The molecule has 0 atom stereocenters. The molecule has 1 aliphatic rings. The fourth-order valence-corrected chi connectivity index (χ4v) is 3.60. The lowest BCUT2D eigenvalue weighted by Gasteiger charge is -2.17. The Morgan fingerprint density at radius 1 is 1.11 bits per heavy atom. The van der Waals surface area contributed by atoms with Gasteiger partial charge in [0.25, 0.3) is 11.1 Å². The number of carbonyl (C=O) groups excluding carboxylic acids is 2. The molecular weight excluding hydrogens is 374 g/mol. The second-order valence-electron chi connectivity index (χ2n) is 6.43. The number of hydrogen-bond donors (Lipinski definition) is 2. The van der Waals surface area contributed by atoms with Crippen molar-refractivity contribution in [3.8, 4) is 5.75 Å². The molecule has 7 heteroatoms. The molecule has 142 valence electrons. The van der Waals surface area contributed by atoms with Gasteiger partial charge in [-0.1, -0.05) is 30.3 Å². The molecule has 1 aromatic heterocycles. The molecule has 1 fully saturated rings. The zero-order valence-corrected chi connectivity index (χ0v) is 16.1. The van der Waals surface area contributed by atoms with Crippen LogP contribution < -0.4 is 15.0 Å². The predicted octanol–water partition coefficient (Wildman–Crippen LogP) is 4.01. The molecule has 2 aromatic carbocycles. The SMILES string of the molecule is CN(CCOc1ccc(C=C2SC(=O)NC2=O)cc1)c1cc2ccccc2[nH]1. The molecule has 6 nitrogen and oxygen atoms in total. The van der Waals surface area contributed by atoms with Crippen LogP contribution in [0.3, 0.4) is 0 Å². The van der Waals surface area contributed by atoms with Crippen molar-refractivity contribution >= 4 is 45.7 Å². The summed E-state index contributed by atoms with van der Waals surface area (Å²) in [7, 11) is 2.02. The molecule has 0 saturated carbocycles. The van der Waals surface area contributed by atoms with Crippen molar-refractivity contribution in [3.63, 3.8) is 0 Å². The largest absolute Gasteiger partial charge is 0.492 e. The number of rotatable bonds is 6. The van der Waals surface area contributed by atoms with Crippen LogP contribution in [0.2, 0.25) is 0 Å². The summed E-state index contributed by atoms with van der Waals surface area (Å²) in [5, 5.41) is 3.09. The number of hydrogen-bond acceptors (Lipinski definition) is 5. The van der Waals surface area contributed by atoms with Crippen LogP contribution >= 0.6 is 11.8 Å². The zero-order valence-electron chi connectivity index (χ0n) is 15.3. The maximum Gasteiger partial charge on any atom is 0.290 e. The number of anilines is 1. The fraction of sp³-hybridized carbons (Fsp3) is 0.143. The average molecular weight is 393 g/mol. The van der Waals surface area contributed by atoms with Crippen LogP contribution in [0, 0.1) is 0 Å². The van der Waals surface area contributed by atoms with Gasteiger partial charge >= 0.3 is 0 Å². The maximum atomic E-state index is 11.6. The number of thioether (sulfide) groups is 1. The van der Waals surface area contributed by atoms with E-state index >= 15 is 0 Å². The molecule has 2 amide bonds. The van der Waals surface area contributed by atoms with Gasteiger partial charge in [-0.05, 0) is 47.7 Å². The van der Waals surface area contributed by atoms with Gasteiger partial charge in [0, 0.05) is 18.0 Å². The number of fused-ring (bicyclic) bond motifs is 1. The minimum atomic E-state index is -0.352. The van der Waals surface area contributed by atoms with Crippen LogP contribution in [0.4, 0.5) is 10.6 Å². The van der Waals surface area contributed by atoms with E-state index in [1.54, 1.807) is 6.08 Å².